The number of ether oxygens (including phenoxy) is 4. The van der Waals surface area contributed by atoms with Crippen LogP contribution >= 0.6 is 0 Å². The number of hydrogen-bond acceptors (Lipinski definition) is 8. The minimum absolute atomic E-state index is 0.103. The zero-order chi connectivity index (χ0) is 26.7. The van der Waals surface area contributed by atoms with Gasteiger partial charge in [-0.15, -0.1) is 0 Å². The molecule has 0 radical (unpaired) electrons. The van der Waals surface area contributed by atoms with Crippen molar-refractivity contribution in [2.45, 2.75) is 71.8 Å². The first kappa shape index (κ1) is 28.9. The third kappa shape index (κ3) is 7.84. The lowest BCUT2D eigenvalue weighted by atomic mass is 10.0. The number of methoxy groups -OCH3 is 1. The molecule has 2 aromatic rings. The molecular weight excluding hydrogens is 464 g/mol. The number of aromatic hydroxyl groups is 1. The van der Waals surface area contributed by atoms with Crippen molar-refractivity contribution in [2.24, 2.45) is 5.92 Å². The van der Waals surface area contributed by atoms with E-state index in [1.807, 2.05) is 44.2 Å². The van der Waals surface area contributed by atoms with Crippen LogP contribution in [-0.2, 0) is 14.3 Å². The fourth-order valence-corrected chi connectivity index (χ4v) is 3.64. The Labute approximate surface area is 213 Å². The molecule has 36 heavy (non-hydrogen) atoms. The van der Waals surface area contributed by atoms with Crippen molar-refractivity contribution >= 4 is 11.9 Å². The molecule has 9 nitrogen and oxygen atoms in total. The Morgan fingerprint density at radius 2 is 1.78 bits per heavy atom. The van der Waals surface area contributed by atoms with Crippen molar-refractivity contribution < 1.29 is 33.6 Å². The Kier molecular flexibility index (Phi) is 11.5. The second-order valence-electron chi connectivity index (χ2n) is 8.76. The molecule has 2 rings (SSSR count). The number of aromatic nitrogens is 1. The molecule has 0 aliphatic carbocycles. The second kappa shape index (κ2) is 14.3. The largest absolute Gasteiger partial charge is 0.503 e. The van der Waals surface area contributed by atoms with Crippen molar-refractivity contribution in [1.29, 1.82) is 0 Å². The number of nitrogens with zero attached hydrogens (tertiary/aromatic N) is 1. The van der Waals surface area contributed by atoms with Crippen molar-refractivity contribution in [1.82, 2.24) is 10.3 Å². The molecule has 0 saturated heterocycles. The number of rotatable bonds is 14. The standard InChI is InChI=1S/C27H38N2O7/c1-7-16-34-20(8-2)25(36-19-12-10-9-11-13-19)18(5)35-27(32)22(17(3)4)29-26(31)23-24(30)21(33-6)14-15-28-23/h9-15,17-18,20,22,25,30H,7-8,16H2,1-6H3,(H,29,31)/t18-,20-,22-,25-/m0/s1. The first-order valence-corrected chi connectivity index (χ1v) is 12.3. The minimum Gasteiger partial charge on any atom is -0.503 e. The molecule has 1 aromatic carbocycles. The molecule has 198 valence electrons. The maximum Gasteiger partial charge on any atom is 0.329 e. The molecule has 1 aromatic heterocycles. The highest BCUT2D eigenvalue weighted by atomic mass is 16.6. The summed E-state index contributed by atoms with van der Waals surface area (Å²) in [5.41, 5.74) is -0.245. The number of para-hydroxylation sites is 1. The SMILES string of the molecule is CCCO[C@@H](CC)[C@@H](Oc1ccccc1)[C@H](C)OC(=O)[C@@H](NC(=O)c1nccc(OC)c1O)C(C)C. The van der Waals surface area contributed by atoms with Gasteiger partial charge in [-0.2, -0.15) is 0 Å². The summed E-state index contributed by atoms with van der Waals surface area (Å²) in [7, 11) is 1.37. The third-order valence-corrected chi connectivity index (χ3v) is 5.61. The molecule has 1 heterocycles. The average Bonchev–Trinajstić information content (AvgIpc) is 2.87. The van der Waals surface area contributed by atoms with Crippen molar-refractivity contribution in [3.8, 4) is 17.2 Å². The van der Waals surface area contributed by atoms with Crippen LogP contribution in [0.3, 0.4) is 0 Å². The van der Waals surface area contributed by atoms with Crippen LogP contribution in [0.15, 0.2) is 42.6 Å². The van der Waals surface area contributed by atoms with Crippen LogP contribution in [0.2, 0.25) is 0 Å². The Bertz CT molecular complexity index is 968. The molecule has 0 fully saturated rings. The predicted octanol–water partition coefficient (Wildman–Crippen LogP) is 4.13. The van der Waals surface area contributed by atoms with Gasteiger partial charge < -0.3 is 29.4 Å². The second-order valence-corrected chi connectivity index (χ2v) is 8.76. The van der Waals surface area contributed by atoms with Crippen molar-refractivity contribution in [3.05, 3.63) is 48.3 Å². The van der Waals surface area contributed by atoms with E-state index < -0.39 is 35.9 Å². The molecule has 0 aliphatic heterocycles. The molecule has 0 unspecified atom stereocenters. The summed E-state index contributed by atoms with van der Waals surface area (Å²) >= 11 is 0. The van der Waals surface area contributed by atoms with Crippen LogP contribution in [0.5, 0.6) is 17.2 Å². The number of pyridine rings is 1. The first-order chi connectivity index (χ1) is 17.2. The smallest absolute Gasteiger partial charge is 0.329 e. The van der Waals surface area contributed by atoms with Crippen molar-refractivity contribution in [3.63, 3.8) is 0 Å². The van der Waals surface area contributed by atoms with Gasteiger partial charge >= 0.3 is 5.97 Å². The summed E-state index contributed by atoms with van der Waals surface area (Å²) in [6.07, 6.45) is 1.28. The van der Waals surface area contributed by atoms with Gasteiger partial charge in [-0.25, -0.2) is 9.78 Å². The summed E-state index contributed by atoms with van der Waals surface area (Å²) < 4.78 is 23.1. The lowest BCUT2D eigenvalue weighted by Gasteiger charge is -2.32. The summed E-state index contributed by atoms with van der Waals surface area (Å²) in [6, 6.07) is 9.73. The Morgan fingerprint density at radius 3 is 2.36 bits per heavy atom. The average molecular weight is 503 g/mol. The van der Waals surface area contributed by atoms with E-state index in [-0.39, 0.29) is 23.5 Å². The zero-order valence-corrected chi connectivity index (χ0v) is 21.9. The maximum atomic E-state index is 13.2. The van der Waals surface area contributed by atoms with Crippen molar-refractivity contribution in [2.75, 3.05) is 13.7 Å². The fourth-order valence-electron chi connectivity index (χ4n) is 3.64. The number of nitrogens with one attached hydrogen (secondary N) is 1. The van der Waals surface area contributed by atoms with Crippen LogP contribution < -0.4 is 14.8 Å². The summed E-state index contributed by atoms with van der Waals surface area (Å²) in [4.78, 5) is 30.0. The topological polar surface area (TPSA) is 116 Å². The highest BCUT2D eigenvalue weighted by molar-refractivity contribution is 5.98. The number of carbonyl (C=O) groups excluding carboxylic acids is 2. The van der Waals surface area contributed by atoms with E-state index in [4.69, 9.17) is 18.9 Å². The number of benzene rings is 1. The normalized spacial score (nSPS) is 14.4. The van der Waals surface area contributed by atoms with E-state index in [1.165, 1.54) is 19.4 Å². The van der Waals surface area contributed by atoms with E-state index in [0.717, 1.165) is 6.42 Å². The van der Waals surface area contributed by atoms with Gasteiger partial charge in [0.25, 0.3) is 5.91 Å². The molecule has 1 amide bonds. The monoisotopic (exact) mass is 502 g/mol. The maximum absolute atomic E-state index is 13.2. The van der Waals surface area contributed by atoms with E-state index in [0.29, 0.717) is 18.8 Å². The van der Waals surface area contributed by atoms with E-state index in [2.05, 4.69) is 10.3 Å². The quantitative estimate of drug-likeness (QED) is 0.371. The highest BCUT2D eigenvalue weighted by Crippen LogP contribution is 2.28. The van der Waals surface area contributed by atoms with Crippen LogP contribution in [0.1, 0.15) is 57.9 Å². The third-order valence-electron chi connectivity index (χ3n) is 5.61. The van der Waals surface area contributed by atoms with Gasteiger partial charge in [0.1, 0.15) is 17.9 Å². The minimum atomic E-state index is -0.985. The number of esters is 1. The molecule has 2 N–H and O–H groups in total. The van der Waals surface area contributed by atoms with E-state index in [1.54, 1.807) is 20.8 Å². The van der Waals surface area contributed by atoms with Gasteiger partial charge in [0.15, 0.2) is 23.3 Å². The summed E-state index contributed by atoms with van der Waals surface area (Å²) in [5.74, 6) is -1.31. The first-order valence-electron chi connectivity index (χ1n) is 12.3. The lowest BCUT2D eigenvalue weighted by Crippen LogP contribution is -2.50. The van der Waals surface area contributed by atoms with Gasteiger partial charge in [-0.1, -0.05) is 45.9 Å². The molecule has 4 atom stereocenters. The molecule has 0 bridgehead atoms. The molecule has 0 saturated carbocycles. The van der Waals surface area contributed by atoms with Gasteiger partial charge in [0.2, 0.25) is 0 Å². The summed E-state index contributed by atoms with van der Waals surface area (Å²) in [6.45, 7) is 9.88. The van der Waals surface area contributed by atoms with E-state index in [9.17, 15) is 14.7 Å². The van der Waals surface area contributed by atoms with Gasteiger partial charge in [-0.05, 0) is 37.8 Å². The Hall–Kier alpha value is -3.33. The fraction of sp³-hybridized carbons (Fsp3) is 0.519. The molecule has 0 spiro atoms. The van der Waals surface area contributed by atoms with Crippen LogP contribution in [0.25, 0.3) is 0 Å². The Balaban J connectivity index is 2.20. The molecule has 0 aliphatic rings. The van der Waals surface area contributed by atoms with Crippen LogP contribution in [-0.4, -0.2) is 60.0 Å². The molecule has 9 heteroatoms. The van der Waals surface area contributed by atoms with Crippen LogP contribution in [0.4, 0.5) is 0 Å². The van der Waals surface area contributed by atoms with Crippen LogP contribution in [0, 0.1) is 5.92 Å². The van der Waals surface area contributed by atoms with Gasteiger partial charge in [-0.3, -0.25) is 4.79 Å². The predicted molar refractivity (Wildman–Crippen MR) is 135 cm³/mol. The number of hydrogen-bond donors (Lipinski definition) is 2. The lowest BCUT2D eigenvalue weighted by molar-refractivity contribution is -0.161. The number of amides is 1. The molecular formula is C27H38N2O7. The summed E-state index contributed by atoms with van der Waals surface area (Å²) in [5, 5.41) is 12.9. The van der Waals surface area contributed by atoms with E-state index >= 15 is 0 Å². The highest BCUT2D eigenvalue weighted by Gasteiger charge is 2.35. The van der Waals surface area contributed by atoms with Gasteiger partial charge in [0, 0.05) is 18.9 Å². The van der Waals surface area contributed by atoms with Gasteiger partial charge in [0.05, 0.1) is 13.2 Å². The zero-order valence-electron chi connectivity index (χ0n) is 21.9. The Morgan fingerprint density at radius 1 is 1.08 bits per heavy atom. The number of carbonyl (C=O) groups is 2.